The first-order chi connectivity index (χ1) is 14.2. The molecular weight excluding hydrogens is 372 g/mol. The molecule has 3 heterocycles. The van der Waals surface area contributed by atoms with E-state index < -0.39 is 0 Å². The highest BCUT2D eigenvalue weighted by molar-refractivity contribution is 5.92. The number of hydrogen-bond acceptors (Lipinski definition) is 7. The SMILES string of the molecule is Nc1ncnc2c1ncn2CCC(=O)Nc1ccccc1OCCn1ccnc1. The molecule has 0 aliphatic carbocycles. The predicted molar refractivity (Wildman–Crippen MR) is 107 cm³/mol. The van der Waals surface area contributed by atoms with E-state index in [1.165, 1.54) is 6.33 Å². The van der Waals surface area contributed by atoms with Crippen LogP contribution in [0.25, 0.3) is 11.2 Å². The maximum absolute atomic E-state index is 12.5. The van der Waals surface area contributed by atoms with E-state index in [0.29, 0.717) is 48.1 Å². The highest BCUT2D eigenvalue weighted by Gasteiger charge is 2.11. The van der Waals surface area contributed by atoms with Crippen LogP contribution >= 0.6 is 0 Å². The fraction of sp³-hybridized carbons (Fsp3) is 0.211. The average molecular weight is 392 g/mol. The van der Waals surface area contributed by atoms with Gasteiger partial charge in [-0.2, -0.15) is 0 Å². The van der Waals surface area contributed by atoms with Crippen LogP contribution < -0.4 is 15.8 Å². The molecule has 0 aliphatic rings. The Morgan fingerprint density at radius 3 is 2.90 bits per heavy atom. The first kappa shape index (κ1) is 18.4. The average Bonchev–Trinajstić information content (AvgIpc) is 3.38. The Balaban J connectivity index is 1.35. The van der Waals surface area contributed by atoms with Gasteiger partial charge in [-0.05, 0) is 12.1 Å². The van der Waals surface area contributed by atoms with Gasteiger partial charge >= 0.3 is 0 Å². The fourth-order valence-corrected chi connectivity index (χ4v) is 2.87. The Bertz CT molecular complexity index is 1110. The summed E-state index contributed by atoms with van der Waals surface area (Å²) in [5, 5.41) is 2.90. The summed E-state index contributed by atoms with van der Waals surface area (Å²) < 4.78 is 9.52. The number of ether oxygens (including phenoxy) is 1. The molecule has 10 heteroatoms. The zero-order chi connectivity index (χ0) is 20.1. The summed E-state index contributed by atoms with van der Waals surface area (Å²) in [6.45, 7) is 1.55. The molecule has 3 N–H and O–H groups in total. The Morgan fingerprint density at radius 2 is 2.03 bits per heavy atom. The number of aromatic nitrogens is 6. The lowest BCUT2D eigenvalue weighted by Gasteiger charge is -2.13. The van der Waals surface area contributed by atoms with Crippen molar-refractivity contribution in [3.05, 3.63) is 55.6 Å². The quantitative estimate of drug-likeness (QED) is 0.467. The number of nitrogen functional groups attached to an aromatic ring is 1. The second-order valence-electron chi connectivity index (χ2n) is 6.31. The zero-order valence-corrected chi connectivity index (χ0v) is 15.6. The van der Waals surface area contributed by atoms with E-state index >= 15 is 0 Å². The Hall–Kier alpha value is -3.95. The van der Waals surface area contributed by atoms with Crippen molar-refractivity contribution < 1.29 is 9.53 Å². The summed E-state index contributed by atoms with van der Waals surface area (Å²) in [7, 11) is 0. The van der Waals surface area contributed by atoms with Gasteiger partial charge in [-0.3, -0.25) is 4.79 Å². The summed E-state index contributed by atoms with van der Waals surface area (Å²) in [5.74, 6) is 0.800. The molecule has 0 saturated heterocycles. The number of nitrogens with two attached hydrogens (primary N) is 1. The van der Waals surface area contributed by atoms with E-state index in [-0.39, 0.29) is 12.3 Å². The maximum Gasteiger partial charge on any atom is 0.226 e. The Morgan fingerprint density at radius 1 is 1.14 bits per heavy atom. The van der Waals surface area contributed by atoms with E-state index in [2.05, 4.69) is 25.3 Å². The highest BCUT2D eigenvalue weighted by Crippen LogP contribution is 2.24. The van der Waals surface area contributed by atoms with Crippen molar-refractivity contribution in [3.63, 3.8) is 0 Å². The number of carbonyl (C=O) groups is 1. The number of hydrogen-bond donors (Lipinski definition) is 2. The van der Waals surface area contributed by atoms with Crippen LogP contribution in [0.4, 0.5) is 11.5 Å². The van der Waals surface area contributed by atoms with E-state index in [1.54, 1.807) is 23.4 Å². The van der Waals surface area contributed by atoms with Crippen molar-refractivity contribution >= 4 is 28.6 Å². The van der Waals surface area contributed by atoms with Gasteiger partial charge in [-0.1, -0.05) is 12.1 Å². The first-order valence-electron chi connectivity index (χ1n) is 9.09. The number of rotatable bonds is 8. The molecule has 10 nitrogen and oxygen atoms in total. The summed E-state index contributed by atoms with van der Waals surface area (Å²) >= 11 is 0. The van der Waals surface area contributed by atoms with Gasteiger partial charge in [0.2, 0.25) is 5.91 Å². The van der Waals surface area contributed by atoms with E-state index in [0.717, 1.165) is 0 Å². The number of carbonyl (C=O) groups excluding carboxylic acids is 1. The zero-order valence-electron chi connectivity index (χ0n) is 15.6. The third-order valence-corrected chi connectivity index (χ3v) is 4.34. The standard InChI is InChI=1S/C19H20N8O2/c20-18-17-19(23-11-22-18)27(13-24-17)7-5-16(28)25-14-3-1-2-4-15(14)29-10-9-26-8-6-21-12-26/h1-4,6,8,11-13H,5,7,9-10H2,(H,25,28)(H2,20,22,23). The van der Waals surface area contributed by atoms with E-state index in [4.69, 9.17) is 10.5 Å². The number of nitrogens with zero attached hydrogens (tertiary/aromatic N) is 6. The number of nitrogens with one attached hydrogen (secondary N) is 1. The molecule has 4 aromatic rings. The molecule has 4 rings (SSSR count). The lowest BCUT2D eigenvalue weighted by Crippen LogP contribution is -2.16. The normalized spacial score (nSPS) is 10.9. The lowest BCUT2D eigenvalue weighted by molar-refractivity contribution is -0.116. The number of anilines is 2. The summed E-state index contributed by atoms with van der Waals surface area (Å²) in [6.07, 6.45) is 8.56. The van der Waals surface area contributed by atoms with Gasteiger partial charge in [-0.15, -0.1) is 0 Å². The van der Waals surface area contributed by atoms with Gasteiger partial charge in [0.1, 0.15) is 24.2 Å². The maximum atomic E-state index is 12.5. The number of para-hydroxylation sites is 2. The molecule has 0 aliphatic heterocycles. The van der Waals surface area contributed by atoms with Crippen LogP contribution in [0.1, 0.15) is 6.42 Å². The molecule has 0 radical (unpaired) electrons. The first-order valence-corrected chi connectivity index (χ1v) is 9.09. The van der Waals surface area contributed by atoms with Crippen LogP contribution in [-0.4, -0.2) is 41.6 Å². The largest absolute Gasteiger partial charge is 0.490 e. The molecule has 1 amide bonds. The molecule has 0 spiro atoms. The number of imidazole rings is 2. The van der Waals surface area contributed by atoms with Crippen LogP contribution in [0.5, 0.6) is 5.75 Å². The molecular formula is C19H20N8O2. The topological polar surface area (TPSA) is 126 Å². The van der Waals surface area contributed by atoms with Gasteiger partial charge in [0, 0.05) is 25.4 Å². The highest BCUT2D eigenvalue weighted by atomic mass is 16.5. The van der Waals surface area contributed by atoms with Crippen LogP contribution in [0.3, 0.4) is 0 Å². The molecule has 1 aromatic carbocycles. The van der Waals surface area contributed by atoms with Gasteiger partial charge in [0.15, 0.2) is 11.5 Å². The molecule has 148 valence electrons. The minimum Gasteiger partial charge on any atom is -0.490 e. The van der Waals surface area contributed by atoms with Gasteiger partial charge in [0.25, 0.3) is 0 Å². The summed E-state index contributed by atoms with van der Waals surface area (Å²) in [5.41, 5.74) is 7.56. The van der Waals surface area contributed by atoms with Crippen molar-refractivity contribution in [2.45, 2.75) is 19.5 Å². The molecule has 0 bridgehead atoms. The third kappa shape index (κ3) is 4.32. The van der Waals surface area contributed by atoms with Crippen LogP contribution in [0.15, 0.2) is 55.6 Å². The summed E-state index contributed by atoms with van der Waals surface area (Å²) in [4.78, 5) is 28.8. The second-order valence-corrected chi connectivity index (χ2v) is 6.31. The monoisotopic (exact) mass is 392 g/mol. The predicted octanol–water partition coefficient (Wildman–Crippen LogP) is 1.71. The van der Waals surface area contributed by atoms with Crippen LogP contribution in [0.2, 0.25) is 0 Å². The van der Waals surface area contributed by atoms with Crippen LogP contribution in [-0.2, 0) is 17.9 Å². The molecule has 0 saturated carbocycles. The summed E-state index contributed by atoms with van der Waals surface area (Å²) in [6, 6.07) is 7.35. The molecule has 0 atom stereocenters. The van der Waals surface area contributed by atoms with Crippen LogP contribution in [0, 0.1) is 0 Å². The Labute approximate surface area is 166 Å². The van der Waals surface area contributed by atoms with Gasteiger partial charge in [-0.25, -0.2) is 19.9 Å². The number of aryl methyl sites for hydroxylation is 1. The van der Waals surface area contributed by atoms with Crippen molar-refractivity contribution in [2.24, 2.45) is 0 Å². The Kier molecular flexibility index (Phi) is 5.32. The number of benzene rings is 1. The van der Waals surface area contributed by atoms with Crippen molar-refractivity contribution in [2.75, 3.05) is 17.7 Å². The van der Waals surface area contributed by atoms with E-state index in [9.17, 15) is 4.79 Å². The van der Waals surface area contributed by atoms with Crippen molar-refractivity contribution in [1.82, 2.24) is 29.1 Å². The third-order valence-electron chi connectivity index (χ3n) is 4.34. The molecule has 3 aromatic heterocycles. The van der Waals surface area contributed by atoms with Gasteiger partial charge < -0.3 is 24.9 Å². The smallest absolute Gasteiger partial charge is 0.226 e. The lowest BCUT2D eigenvalue weighted by atomic mass is 10.2. The van der Waals surface area contributed by atoms with E-state index in [1.807, 2.05) is 35.0 Å². The van der Waals surface area contributed by atoms with Crippen molar-refractivity contribution in [1.29, 1.82) is 0 Å². The fourth-order valence-electron chi connectivity index (χ4n) is 2.87. The molecule has 0 fully saturated rings. The second kappa shape index (κ2) is 8.38. The molecule has 29 heavy (non-hydrogen) atoms. The molecule has 0 unspecified atom stereocenters. The number of amides is 1. The minimum atomic E-state index is -0.139. The minimum absolute atomic E-state index is 0.139. The van der Waals surface area contributed by atoms with Gasteiger partial charge in [0.05, 0.1) is 24.9 Å². The van der Waals surface area contributed by atoms with Crippen molar-refractivity contribution in [3.8, 4) is 5.75 Å². The number of fused-ring (bicyclic) bond motifs is 1.